The predicted molar refractivity (Wildman–Crippen MR) is 499 cm³/mol. The van der Waals surface area contributed by atoms with Crippen molar-refractivity contribution in [1.29, 1.82) is 0 Å². The first kappa shape index (κ1) is 94.7. The van der Waals surface area contributed by atoms with Crippen LogP contribution < -0.4 is 36.1 Å². The maximum absolute atomic E-state index is 12.3. The van der Waals surface area contributed by atoms with Gasteiger partial charge >= 0.3 is 29.8 Å². The predicted octanol–water partition coefficient (Wildman–Crippen LogP) is 23.0. The second-order valence-electron chi connectivity index (χ2n) is 29.3. The molecule has 10 N–H and O–H groups in total. The van der Waals surface area contributed by atoms with Crippen LogP contribution >= 0.6 is 11.8 Å². The number of carbonyl (C=O) groups excluding carboxylic acids is 4. The summed E-state index contributed by atoms with van der Waals surface area (Å²) in [6.07, 6.45) is 3.72. The Hall–Kier alpha value is -15.2. The number of hydrogen-bond donors (Lipinski definition) is 10. The van der Waals surface area contributed by atoms with Crippen LogP contribution in [0.3, 0.4) is 0 Å². The Kier molecular flexibility index (Phi) is 36.9. The lowest BCUT2D eigenvalue weighted by molar-refractivity contribution is -0.118. The molecule has 0 fully saturated rings. The van der Waals surface area contributed by atoms with Gasteiger partial charge in [0.25, 0.3) is 5.91 Å². The maximum atomic E-state index is 12.3. The highest BCUT2D eigenvalue weighted by Gasteiger charge is 2.20. The van der Waals surface area contributed by atoms with E-state index in [4.69, 9.17) is 19.7 Å². The summed E-state index contributed by atoms with van der Waals surface area (Å²) in [6, 6.07) is 99.4. The van der Waals surface area contributed by atoms with Crippen molar-refractivity contribution in [3.63, 3.8) is 0 Å². The lowest BCUT2D eigenvalue weighted by Crippen LogP contribution is -2.22. The van der Waals surface area contributed by atoms with Crippen LogP contribution in [0.25, 0.3) is 22.3 Å². The number of carboxylic acid groups (broad SMARTS) is 5. The van der Waals surface area contributed by atoms with Gasteiger partial charge in [0.1, 0.15) is 11.5 Å². The van der Waals surface area contributed by atoms with Gasteiger partial charge in [-0.25, -0.2) is 24.0 Å². The first-order valence-electron chi connectivity index (χ1n) is 41.0. The lowest BCUT2D eigenvalue weighted by atomic mass is 9.98. The Morgan fingerprint density at radius 1 is 0.357 bits per heavy atom. The molecule has 1 atom stereocenters. The summed E-state index contributed by atoms with van der Waals surface area (Å²) >= 11 is 1.46. The van der Waals surface area contributed by atoms with E-state index >= 15 is 0 Å². The first-order chi connectivity index (χ1) is 60.8. The molecule has 0 spiro atoms. The zero-order valence-corrected chi connectivity index (χ0v) is 71.6. The molecule has 0 saturated heterocycles. The molecule has 0 aromatic heterocycles. The van der Waals surface area contributed by atoms with Crippen molar-refractivity contribution in [3.05, 3.63) is 388 Å². The number of carboxylic acids is 5. The number of nitrogens with one attached hydrogen (secondary N) is 5. The maximum Gasteiger partial charge on any atom is 0.337 e. The van der Waals surface area contributed by atoms with Crippen LogP contribution in [0, 0.1) is 6.92 Å². The Balaban J connectivity index is 0.000000178. The quantitative estimate of drug-likeness (QED) is 0.0138. The third-order valence-electron chi connectivity index (χ3n) is 19.7. The van der Waals surface area contributed by atoms with Gasteiger partial charge in [-0.15, -0.1) is 11.8 Å². The third-order valence-corrected chi connectivity index (χ3v) is 20.8. The van der Waals surface area contributed by atoms with Crippen LogP contribution in [0.15, 0.2) is 326 Å². The SMILES string of the molecule is CC(C)c1ccccc1SCC(=O)Nc1ccccc1C(=O)O.CCC(=O)Nc1ccc(-c2ccc(-c3ccccc3)cc2)cc1C(=O)O.CCC(C)c1ccccc1OCCCC(=O)Nc1ccccc1C(=O)O.Cc1ccc(NC(=O)COc2ccccc2Cc2ccccc2)c(C(=O)O)c1.O=C(O)c1ccccc1Nc1ccc(Cc2ccccc2)cc1. The highest BCUT2D eigenvalue weighted by atomic mass is 32.2. The minimum absolute atomic E-state index is 0.0535. The molecular weight excluding hydrogens is 1610 g/mol. The molecule has 22 heteroatoms. The number of aryl methyl sites for hydroxylation is 1. The van der Waals surface area contributed by atoms with E-state index in [1.54, 1.807) is 92.7 Å². The van der Waals surface area contributed by atoms with Gasteiger partial charge in [0.05, 0.1) is 68.6 Å². The van der Waals surface area contributed by atoms with E-state index in [-0.39, 0.29) is 70.0 Å². The topological polar surface area (TPSA) is 333 Å². The van der Waals surface area contributed by atoms with Gasteiger partial charge in [-0.2, -0.15) is 0 Å². The fourth-order valence-electron chi connectivity index (χ4n) is 12.9. The molecule has 21 nitrogen and oxygen atoms in total. The van der Waals surface area contributed by atoms with Gasteiger partial charge in [-0.3, -0.25) is 19.2 Å². The van der Waals surface area contributed by atoms with Crippen molar-refractivity contribution < 1.29 is 78.2 Å². The molecule has 1 unspecified atom stereocenters. The summed E-state index contributed by atoms with van der Waals surface area (Å²) in [7, 11) is 0. The molecule has 0 saturated carbocycles. The van der Waals surface area contributed by atoms with Gasteiger partial charge in [-0.05, 0) is 185 Å². The van der Waals surface area contributed by atoms with E-state index < -0.39 is 35.8 Å². The van der Waals surface area contributed by atoms with Gasteiger partial charge in [0.2, 0.25) is 17.7 Å². The average molecular weight is 1710 g/mol. The molecular formula is C104H101N5O16S. The Labute approximate surface area is 737 Å². The van der Waals surface area contributed by atoms with Crippen molar-refractivity contribution >= 4 is 99.4 Å². The summed E-state index contributed by atoms with van der Waals surface area (Å²) in [6.45, 7) is 12.3. The number of thioether (sulfide) groups is 1. The van der Waals surface area contributed by atoms with Crippen LogP contribution in [0.5, 0.6) is 11.5 Å². The molecule has 126 heavy (non-hydrogen) atoms. The van der Waals surface area contributed by atoms with Gasteiger partial charge in [-0.1, -0.05) is 271 Å². The average Bonchev–Trinajstić information content (AvgIpc) is 0.817. The summed E-state index contributed by atoms with van der Waals surface area (Å²) in [5.41, 5.74) is 15.0. The zero-order chi connectivity index (χ0) is 90.3. The molecule has 0 radical (unpaired) electrons. The number of anilines is 6. The molecule has 13 aromatic rings. The number of para-hydroxylation sites is 5. The molecule has 0 aliphatic heterocycles. The number of aromatic carboxylic acids is 5. The smallest absolute Gasteiger partial charge is 0.337 e. The molecule has 4 amide bonds. The summed E-state index contributed by atoms with van der Waals surface area (Å²) in [5, 5.41) is 60.0. The fraction of sp³-hybridized carbons (Fsp3) is 0.163. The number of rotatable bonds is 32. The lowest BCUT2D eigenvalue weighted by Gasteiger charge is -2.15. The van der Waals surface area contributed by atoms with E-state index in [2.05, 4.69) is 90.7 Å². The number of amides is 4. The van der Waals surface area contributed by atoms with E-state index in [0.717, 1.165) is 68.1 Å². The van der Waals surface area contributed by atoms with Crippen molar-refractivity contribution in [1.82, 2.24) is 0 Å². The third kappa shape index (κ3) is 29.9. The van der Waals surface area contributed by atoms with Crippen molar-refractivity contribution in [2.45, 2.75) is 96.8 Å². The van der Waals surface area contributed by atoms with Crippen LogP contribution in [-0.4, -0.2) is 98.0 Å². The van der Waals surface area contributed by atoms with E-state index in [9.17, 15) is 58.5 Å². The van der Waals surface area contributed by atoms with E-state index in [0.29, 0.717) is 66.2 Å². The summed E-state index contributed by atoms with van der Waals surface area (Å²) < 4.78 is 11.6. The number of carbonyl (C=O) groups is 9. The molecule has 13 rings (SSSR count). The number of ether oxygens (including phenoxy) is 2. The minimum atomic E-state index is -1.09. The van der Waals surface area contributed by atoms with Crippen LogP contribution in [0.2, 0.25) is 0 Å². The molecule has 0 aliphatic carbocycles. The number of benzene rings is 13. The van der Waals surface area contributed by atoms with Gasteiger partial charge in [0, 0.05) is 29.8 Å². The van der Waals surface area contributed by atoms with Crippen molar-refractivity contribution in [2.75, 3.05) is 45.6 Å². The van der Waals surface area contributed by atoms with Crippen molar-refractivity contribution in [2.24, 2.45) is 0 Å². The largest absolute Gasteiger partial charge is 0.493 e. The molecule has 0 heterocycles. The molecule has 0 aliphatic rings. The van der Waals surface area contributed by atoms with Crippen LogP contribution in [0.1, 0.15) is 163 Å². The van der Waals surface area contributed by atoms with Gasteiger partial charge < -0.3 is 61.6 Å². The highest BCUT2D eigenvalue weighted by molar-refractivity contribution is 8.00. The first-order valence-corrected chi connectivity index (χ1v) is 41.9. The number of hydrogen-bond acceptors (Lipinski definition) is 13. The molecule has 13 aromatic carbocycles. The minimum Gasteiger partial charge on any atom is -0.493 e. The Morgan fingerprint density at radius 3 is 1.34 bits per heavy atom. The summed E-state index contributed by atoms with van der Waals surface area (Å²) in [4.78, 5) is 106. The standard InChI is InChI=1S/C23H21NO4.C22H19NO3.C21H25NO4.C20H17NO2.C18H19NO3S/c1-16-11-12-20(19(13-16)23(26)27)24-22(25)15-28-21-10-6-5-9-18(21)14-17-7-3-2-4-8-17;1-2-21(24)23-20-13-12-18(14-19(20)22(25)26)17-10-8-16(9-11-17)15-6-4-3-5-7-15;1-3-15(2)16-9-5-7-12-19(16)26-14-8-13-20(23)22-18-11-6-4-10-17(18)21(24)25;22-20(23)18-8-4-5-9-19(18)21-17-12-10-16(11-13-17)14-15-6-2-1-3-7-15;1-12(2)13-7-4-6-10-16(13)23-11-17(20)19-15-9-5-3-8-14(15)18(21)22/h2-13H,14-15H2,1H3,(H,24,25)(H,26,27);3-14H,2H2,1H3,(H,23,24)(H,25,26);4-7,9-12,15H,3,8,13-14H2,1-2H3,(H,22,23)(H,24,25);1-13,21H,14H2,(H,22,23);3-10,12H,11H2,1-2H3,(H,19,20)(H,21,22). The zero-order valence-electron chi connectivity index (χ0n) is 70.8. The normalized spacial score (nSPS) is 10.6. The van der Waals surface area contributed by atoms with E-state index in [1.165, 1.54) is 52.2 Å². The van der Waals surface area contributed by atoms with Crippen LogP contribution in [0.4, 0.5) is 34.1 Å². The second-order valence-corrected chi connectivity index (χ2v) is 30.3. The Morgan fingerprint density at radius 2 is 0.778 bits per heavy atom. The fourth-order valence-corrected chi connectivity index (χ4v) is 13.9. The second kappa shape index (κ2) is 49.1. The monoisotopic (exact) mass is 1710 g/mol. The van der Waals surface area contributed by atoms with Crippen LogP contribution in [-0.2, 0) is 32.0 Å². The molecule has 644 valence electrons. The van der Waals surface area contributed by atoms with Gasteiger partial charge in [0.15, 0.2) is 6.61 Å². The highest BCUT2D eigenvalue weighted by Crippen LogP contribution is 2.33. The molecule has 0 bridgehead atoms. The van der Waals surface area contributed by atoms with E-state index in [1.807, 2.05) is 188 Å². The van der Waals surface area contributed by atoms with Crippen molar-refractivity contribution in [3.8, 4) is 33.8 Å². The Bertz CT molecular complexity index is 5830. The summed E-state index contributed by atoms with van der Waals surface area (Å²) in [5.74, 6) is -3.77.